The molecule has 1 amide bonds. The van der Waals surface area contributed by atoms with E-state index in [0.717, 1.165) is 44.5 Å². The number of aromatic nitrogens is 1. The molecule has 2 aromatic heterocycles. The number of aryl methyl sites for hydroxylation is 1. The van der Waals surface area contributed by atoms with Crippen molar-refractivity contribution in [3.63, 3.8) is 0 Å². The van der Waals surface area contributed by atoms with Gasteiger partial charge in [0, 0.05) is 49.9 Å². The van der Waals surface area contributed by atoms with Crippen molar-refractivity contribution in [2.24, 2.45) is 0 Å². The van der Waals surface area contributed by atoms with Gasteiger partial charge in [-0.25, -0.2) is 27.2 Å². The second-order valence-electron chi connectivity index (χ2n) is 9.78. The number of benzene rings is 1. The van der Waals surface area contributed by atoms with Gasteiger partial charge in [0.2, 0.25) is 10.0 Å². The summed E-state index contributed by atoms with van der Waals surface area (Å²) in [6, 6.07) is 14.8. The summed E-state index contributed by atoms with van der Waals surface area (Å²) in [5.41, 5.74) is 4.03. The Kier molecular flexibility index (Phi) is 9.49. The van der Waals surface area contributed by atoms with Gasteiger partial charge in [0.25, 0.3) is 15.9 Å². The van der Waals surface area contributed by atoms with Gasteiger partial charge in [0.05, 0.1) is 5.75 Å². The number of nitrogens with zero attached hydrogens (tertiary/aromatic N) is 3. The Hall–Kier alpha value is -2.72. The Bertz CT molecular complexity index is 1530. The maximum absolute atomic E-state index is 13.8. The lowest BCUT2D eigenvalue weighted by Gasteiger charge is -2.38. The summed E-state index contributed by atoms with van der Waals surface area (Å²) in [4.78, 5) is 23.5. The van der Waals surface area contributed by atoms with Crippen molar-refractivity contribution in [3.8, 4) is 10.4 Å². The van der Waals surface area contributed by atoms with Crippen LogP contribution >= 0.6 is 11.3 Å². The quantitative estimate of drug-likeness (QED) is 0.342. The molecule has 220 valence electrons. The van der Waals surface area contributed by atoms with Crippen LogP contribution in [0.15, 0.2) is 71.2 Å². The van der Waals surface area contributed by atoms with Crippen LogP contribution in [0.3, 0.4) is 0 Å². The third kappa shape index (κ3) is 7.20. The molecule has 0 saturated carbocycles. The number of rotatable bonds is 10. The number of hydroxylamine groups is 1. The highest BCUT2D eigenvalue weighted by molar-refractivity contribution is 7.91. The van der Waals surface area contributed by atoms with Gasteiger partial charge in [-0.15, -0.1) is 11.3 Å². The average molecular weight is 621 g/mol. The molecule has 1 aromatic carbocycles. The minimum atomic E-state index is -4.13. The monoisotopic (exact) mass is 620 g/mol. The molecule has 41 heavy (non-hydrogen) atoms. The van der Waals surface area contributed by atoms with Crippen LogP contribution in [0.5, 0.6) is 0 Å². The number of amides is 1. The van der Waals surface area contributed by atoms with E-state index < -0.39 is 38.3 Å². The lowest BCUT2D eigenvalue weighted by Crippen LogP contribution is -2.61. The minimum Gasteiger partial charge on any atom is -0.350 e. The molecule has 0 radical (unpaired) electrons. The number of ether oxygens (including phenoxy) is 1. The molecule has 11 nitrogen and oxygen atoms in total. The molecule has 3 aromatic rings. The van der Waals surface area contributed by atoms with Crippen LogP contribution in [0, 0.1) is 0 Å². The standard InChI is InChI=1S/C27H32N4O7S3/c32-27(29-38-25-8-4-5-18-37-25)23-20-30(40(33,34)19-13-21-11-14-28-15-12-21)16-17-31(23)41(35,36)26-10-9-24(39-26)22-6-2-1-3-7-22/h1-3,6-7,9-12,14-15,23,25H,4-5,8,13,16-20H2,(H,29,32). The van der Waals surface area contributed by atoms with Gasteiger partial charge in [-0.2, -0.15) is 8.61 Å². The van der Waals surface area contributed by atoms with Crippen LogP contribution in [-0.4, -0.2) is 80.7 Å². The number of carbonyl (C=O) groups excluding carboxylic acids is 1. The Morgan fingerprint density at radius 1 is 1.02 bits per heavy atom. The smallest absolute Gasteiger partial charge is 0.263 e. The molecule has 0 spiro atoms. The van der Waals surface area contributed by atoms with Gasteiger partial charge in [-0.1, -0.05) is 30.3 Å². The number of sulfonamides is 2. The zero-order valence-electron chi connectivity index (χ0n) is 22.3. The first kappa shape index (κ1) is 29.8. The lowest BCUT2D eigenvalue weighted by molar-refractivity contribution is -0.202. The fraction of sp³-hybridized carbons (Fsp3) is 0.407. The van der Waals surface area contributed by atoms with E-state index in [1.165, 1.54) is 10.4 Å². The van der Waals surface area contributed by atoms with E-state index in [1.807, 2.05) is 30.3 Å². The predicted molar refractivity (Wildman–Crippen MR) is 154 cm³/mol. The normalized spacial score (nSPS) is 21.0. The topological polar surface area (TPSA) is 135 Å². The molecule has 5 rings (SSSR count). The van der Waals surface area contributed by atoms with E-state index in [2.05, 4.69) is 10.5 Å². The highest BCUT2D eigenvalue weighted by atomic mass is 32.2. The van der Waals surface area contributed by atoms with E-state index in [1.54, 1.807) is 30.6 Å². The van der Waals surface area contributed by atoms with Gasteiger partial charge in [-0.05, 0) is 54.7 Å². The second-order valence-corrected chi connectivity index (χ2v) is 15.1. The van der Waals surface area contributed by atoms with Crippen LogP contribution in [0.4, 0.5) is 0 Å². The third-order valence-electron chi connectivity index (χ3n) is 7.02. The molecule has 2 atom stereocenters. The number of piperazine rings is 1. The van der Waals surface area contributed by atoms with E-state index in [9.17, 15) is 21.6 Å². The third-order valence-corrected chi connectivity index (χ3v) is 12.4. The Morgan fingerprint density at radius 3 is 2.54 bits per heavy atom. The van der Waals surface area contributed by atoms with Crippen LogP contribution in [0.25, 0.3) is 10.4 Å². The Labute approximate surface area is 244 Å². The second kappa shape index (κ2) is 13.1. The van der Waals surface area contributed by atoms with Crippen LogP contribution < -0.4 is 5.48 Å². The van der Waals surface area contributed by atoms with E-state index in [4.69, 9.17) is 9.57 Å². The van der Waals surface area contributed by atoms with Gasteiger partial charge in [0.1, 0.15) is 10.3 Å². The number of hydrogen-bond acceptors (Lipinski definition) is 9. The first-order valence-electron chi connectivity index (χ1n) is 13.3. The number of pyridine rings is 1. The average Bonchev–Trinajstić information content (AvgIpc) is 3.52. The fourth-order valence-corrected chi connectivity index (χ4v) is 9.24. The van der Waals surface area contributed by atoms with Crippen molar-refractivity contribution in [1.82, 2.24) is 19.1 Å². The maximum atomic E-state index is 13.8. The SMILES string of the molecule is O=C(NOC1CCCCO1)C1CN(S(=O)(=O)CCc2ccncc2)CCN1S(=O)(=O)c1ccc(-c2ccccc2)s1. The number of nitrogens with one attached hydrogen (secondary N) is 1. The Balaban J connectivity index is 1.36. The largest absolute Gasteiger partial charge is 0.350 e. The molecule has 2 aliphatic heterocycles. The molecule has 2 unspecified atom stereocenters. The summed E-state index contributed by atoms with van der Waals surface area (Å²) in [6.45, 7) is -0.107. The van der Waals surface area contributed by atoms with Crippen LogP contribution in [-0.2, 0) is 40.8 Å². The van der Waals surface area contributed by atoms with E-state index >= 15 is 0 Å². The maximum Gasteiger partial charge on any atom is 0.263 e. The zero-order valence-corrected chi connectivity index (χ0v) is 24.7. The van der Waals surface area contributed by atoms with Crippen molar-refractivity contribution >= 4 is 37.3 Å². The van der Waals surface area contributed by atoms with Gasteiger partial charge < -0.3 is 4.74 Å². The summed E-state index contributed by atoms with van der Waals surface area (Å²) in [6.07, 6.45) is 5.15. The van der Waals surface area contributed by atoms with Crippen molar-refractivity contribution in [2.75, 3.05) is 32.0 Å². The number of hydrogen-bond donors (Lipinski definition) is 1. The fourth-order valence-electron chi connectivity index (χ4n) is 4.75. The number of thiophene rings is 1. The summed E-state index contributed by atoms with van der Waals surface area (Å²) >= 11 is 1.10. The van der Waals surface area contributed by atoms with Crippen molar-refractivity contribution in [1.29, 1.82) is 0 Å². The van der Waals surface area contributed by atoms with Crippen molar-refractivity contribution in [3.05, 3.63) is 72.6 Å². The highest BCUT2D eigenvalue weighted by Crippen LogP contribution is 2.33. The summed E-state index contributed by atoms with van der Waals surface area (Å²) in [5, 5.41) is 0. The van der Waals surface area contributed by atoms with Gasteiger partial charge >= 0.3 is 0 Å². The molecule has 14 heteroatoms. The van der Waals surface area contributed by atoms with E-state index in [-0.39, 0.29) is 36.0 Å². The van der Waals surface area contributed by atoms with Gasteiger partial charge in [-0.3, -0.25) is 9.78 Å². The minimum absolute atomic E-state index is 0.0691. The van der Waals surface area contributed by atoms with E-state index in [0.29, 0.717) is 13.0 Å². The first-order valence-corrected chi connectivity index (χ1v) is 17.2. The van der Waals surface area contributed by atoms with Crippen molar-refractivity contribution < 1.29 is 31.2 Å². The van der Waals surface area contributed by atoms with Gasteiger partial charge in [0.15, 0.2) is 6.29 Å². The summed E-state index contributed by atoms with van der Waals surface area (Å²) < 4.78 is 62.1. The molecule has 0 bridgehead atoms. The van der Waals surface area contributed by atoms with Crippen LogP contribution in [0.2, 0.25) is 0 Å². The predicted octanol–water partition coefficient (Wildman–Crippen LogP) is 2.63. The summed E-state index contributed by atoms with van der Waals surface area (Å²) in [5.74, 6) is -0.938. The van der Waals surface area contributed by atoms with Crippen molar-refractivity contribution in [2.45, 2.75) is 42.2 Å². The highest BCUT2D eigenvalue weighted by Gasteiger charge is 2.44. The molecule has 4 heterocycles. The molecule has 2 saturated heterocycles. The zero-order chi connectivity index (χ0) is 28.9. The lowest BCUT2D eigenvalue weighted by atomic mass is 10.2. The van der Waals surface area contributed by atoms with Crippen LogP contribution in [0.1, 0.15) is 24.8 Å². The molecular weight excluding hydrogens is 589 g/mol. The first-order chi connectivity index (χ1) is 19.7. The number of carbonyl (C=O) groups is 1. The summed E-state index contributed by atoms with van der Waals surface area (Å²) in [7, 11) is -7.94. The molecular formula is C27H32N4O7S3. The molecule has 0 aliphatic carbocycles. The molecule has 2 aliphatic rings. The Morgan fingerprint density at radius 2 is 1.80 bits per heavy atom. The molecule has 2 fully saturated rings. The molecule has 1 N–H and O–H groups in total.